The maximum absolute atomic E-state index is 2.48. The van der Waals surface area contributed by atoms with Gasteiger partial charge in [-0.3, -0.25) is 0 Å². The van der Waals surface area contributed by atoms with Crippen LogP contribution in [0.1, 0.15) is 162 Å². The highest BCUT2D eigenvalue weighted by molar-refractivity contribution is 8.93. The van der Waals surface area contributed by atoms with Crippen LogP contribution < -0.4 is 0 Å². The molecule has 0 bridgehead atoms. The SMILES string of the molecule is Br.CCCCCCCCCCCCCCCCCC(CCCCCCCC)N(C)C. The standard InChI is InChI=1S/C28H59N.BrH/c1-5-7-9-11-13-14-15-16-17-18-19-20-21-23-25-27-28(29(3)4)26-24-22-12-10-8-6-2;/h28H,5-27H2,1-4H3;1H. The second-order valence-corrected chi connectivity index (χ2v) is 9.91. The molecule has 0 aromatic carbocycles. The van der Waals surface area contributed by atoms with Crippen molar-refractivity contribution in [2.75, 3.05) is 14.1 Å². The fourth-order valence-corrected chi connectivity index (χ4v) is 4.57. The average Bonchev–Trinajstić information content (AvgIpc) is 2.71. The molecule has 1 atom stereocenters. The zero-order valence-corrected chi connectivity index (χ0v) is 23.4. The molecule has 2 heteroatoms. The molecule has 0 fully saturated rings. The Morgan fingerprint density at radius 2 is 0.633 bits per heavy atom. The molecule has 0 radical (unpaired) electrons. The first-order valence-corrected chi connectivity index (χ1v) is 13.9. The second-order valence-electron chi connectivity index (χ2n) is 9.91. The van der Waals surface area contributed by atoms with Crippen molar-refractivity contribution in [3.63, 3.8) is 0 Å². The van der Waals surface area contributed by atoms with E-state index < -0.39 is 0 Å². The van der Waals surface area contributed by atoms with E-state index in [-0.39, 0.29) is 17.0 Å². The van der Waals surface area contributed by atoms with Crippen molar-refractivity contribution >= 4 is 17.0 Å². The summed E-state index contributed by atoms with van der Waals surface area (Å²) in [5.41, 5.74) is 0. The van der Waals surface area contributed by atoms with Crippen LogP contribution in [0.25, 0.3) is 0 Å². The molecule has 0 saturated carbocycles. The Morgan fingerprint density at radius 1 is 0.400 bits per heavy atom. The molecular weight excluding hydrogens is 430 g/mol. The summed E-state index contributed by atoms with van der Waals surface area (Å²) in [6, 6.07) is 0.822. The third-order valence-corrected chi connectivity index (χ3v) is 6.76. The van der Waals surface area contributed by atoms with Crippen LogP contribution in [0.5, 0.6) is 0 Å². The monoisotopic (exact) mass is 489 g/mol. The van der Waals surface area contributed by atoms with Gasteiger partial charge in [-0.1, -0.05) is 149 Å². The molecule has 0 aliphatic rings. The summed E-state index contributed by atoms with van der Waals surface area (Å²) < 4.78 is 0. The van der Waals surface area contributed by atoms with E-state index in [4.69, 9.17) is 0 Å². The largest absolute Gasteiger partial charge is 0.306 e. The van der Waals surface area contributed by atoms with Crippen LogP contribution in [0.15, 0.2) is 0 Å². The lowest BCUT2D eigenvalue weighted by molar-refractivity contribution is 0.251. The molecule has 0 aromatic heterocycles. The first-order valence-electron chi connectivity index (χ1n) is 13.9. The van der Waals surface area contributed by atoms with Crippen molar-refractivity contribution in [2.45, 2.75) is 168 Å². The van der Waals surface area contributed by atoms with Crippen LogP contribution in [-0.4, -0.2) is 25.0 Å². The molecular formula is C28H60BrN. The van der Waals surface area contributed by atoms with Gasteiger partial charge in [-0.05, 0) is 26.9 Å². The van der Waals surface area contributed by atoms with Crippen molar-refractivity contribution in [2.24, 2.45) is 0 Å². The normalized spacial score (nSPS) is 12.3. The van der Waals surface area contributed by atoms with Gasteiger partial charge in [0.1, 0.15) is 0 Å². The molecule has 0 N–H and O–H groups in total. The third-order valence-electron chi connectivity index (χ3n) is 6.76. The predicted octanol–water partition coefficient (Wildman–Crippen LogP) is 10.5. The van der Waals surface area contributed by atoms with Gasteiger partial charge in [-0.25, -0.2) is 0 Å². The van der Waals surface area contributed by atoms with Crippen LogP contribution in [-0.2, 0) is 0 Å². The summed E-state index contributed by atoms with van der Waals surface area (Å²) in [6.07, 6.45) is 33.4. The third kappa shape index (κ3) is 24.7. The number of halogens is 1. The van der Waals surface area contributed by atoms with Crippen molar-refractivity contribution in [1.29, 1.82) is 0 Å². The number of hydrogen-bond acceptors (Lipinski definition) is 1. The lowest BCUT2D eigenvalue weighted by Gasteiger charge is -2.24. The highest BCUT2D eigenvalue weighted by atomic mass is 79.9. The summed E-state index contributed by atoms with van der Waals surface area (Å²) in [4.78, 5) is 2.48. The summed E-state index contributed by atoms with van der Waals surface area (Å²) in [5.74, 6) is 0. The zero-order chi connectivity index (χ0) is 21.4. The maximum atomic E-state index is 2.48. The van der Waals surface area contributed by atoms with E-state index in [0.717, 1.165) is 6.04 Å². The van der Waals surface area contributed by atoms with E-state index in [2.05, 4.69) is 32.8 Å². The Morgan fingerprint density at radius 3 is 0.867 bits per heavy atom. The van der Waals surface area contributed by atoms with Crippen LogP contribution in [0, 0.1) is 0 Å². The lowest BCUT2D eigenvalue weighted by Crippen LogP contribution is -2.27. The number of nitrogens with zero attached hydrogens (tertiary/aromatic N) is 1. The summed E-state index contributed by atoms with van der Waals surface area (Å²) in [7, 11) is 4.57. The smallest absolute Gasteiger partial charge is 0.00891 e. The predicted molar refractivity (Wildman–Crippen MR) is 145 cm³/mol. The van der Waals surface area contributed by atoms with Crippen LogP contribution in [0.3, 0.4) is 0 Å². The first kappa shape index (κ1) is 32.6. The highest BCUT2D eigenvalue weighted by Gasteiger charge is 2.10. The molecule has 0 spiro atoms. The topological polar surface area (TPSA) is 3.24 Å². The molecule has 0 aliphatic carbocycles. The fourth-order valence-electron chi connectivity index (χ4n) is 4.57. The molecule has 0 saturated heterocycles. The van der Waals surface area contributed by atoms with Gasteiger partial charge >= 0.3 is 0 Å². The molecule has 0 amide bonds. The molecule has 0 aromatic rings. The van der Waals surface area contributed by atoms with Gasteiger partial charge in [0.15, 0.2) is 0 Å². The van der Waals surface area contributed by atoms with Gasteiger partial charge in [-0.2, -0.15) is 0 Å². The Bertz CT molecular complexity index is 292. The quantitative estimate of drug-likeness (QED) is 0.122. The van der Waals surface area contributed by atoms with E-state index in [1.54, 1.807) is 0 Å². The van der Waals surface area contributed by atoms with E-state index in [0.29, 0.717) is 0 Å². The molecule has 0 rings (SSSR count). The second kappa shape index (κ2) is 27.5. The van der Waals surface area contributed by atoms with E-state index in [9.17, 15) is 0 Å². The van der Waals surface area contributed by atoms with E-state index in [1.165, 1.54) is 148 Å². The maximum Gasteiger partial charge on any atom is 0.00891 e. The Labute approximate surface area is 203 Å². The lowest BCUT2D eigenvalue weighted by atomic mass is 9.99. The minimum Gasteiger partial charge on any atom is -0.306 e. The Hall–Kier alpha value is 0.440. The molecule has 30 heavy (non-hydrogen) atoms. The minimum atomic E-state index is 0. The molecule has 1 nitrogen and oxygen atoms in total. The molecule has 1 unspecified atom stereocenters. The van der Waals surface area contributed by atoms with E-state index >= 15 is 0 Å². The molecule has 0 heterocycles. The van der Waals surface area contributed by atoms with Gasteiger partial charge in [-0.15, -0.1) is 17.0 Å². The van der Waals surface area contributed by atoms with Gasteiger partial charge in [0.25, 0.3) is 0 Å². The van der Waals surface area contributed by atoms with Crippen LogP contribution in [0.2, 0.25) is 0 Å². The Balaban J connectivity index is 0. The number of rotatable bonds is 24. The summed E-state index contributed by atoms with van der Waals surface area (Å²) >= 11 is 0. The highest BCUT2D eigenvalue weighted by Crippen LogP contribution is 2.18. The van der Waals surface area contributed by atoms with Crippen molar-refractivity contribution in [3.05, 3.63) is 0 Å². The summed E-state index contributed by atoms with van der Waals surface area (Å²) in [6.45, 7) is 4.61. The van der Waals surface area contributed by atoms with Gasteiger partial charge in [0, 0.05) is 6.04 Å². The first-order chi connectivity index (χ1) is 14.2. The van der Waals surface area contributed by atoms with Crippen LogP contribution in [0.4, 0.5) is 0 Å². The Kier molecular flexibility index (Phi) is 29.9. The average molecular weight is 491 g/mol. The minimum absolute atomic E-state index is 0. The van der Waals surface area contributed by atoms with Gasteiger partial charge in [0.2, 0.25) is 0 Å². The van der Waals surface area contributed by atoms with Crippen molar-refractivity contribution in [3.8, 4) is 0 Å². The van der Waals surface area contributed by atoms with Gasteiger partial charge in [0.05, 0.1) is 0 Å². The molecule has 184 valence electrons. The summed E-state index contributed by atoms with van der Waals surface area (Å²) in [5, 5.41) is 0. The molecule has 0 aliphatic heterocycles. The van der Waals surface area contributed by atoms with Crippen molar-refractivity contribution < 1.29 is 0 Å². The van der Waals surface area contributed by atoms with Crippen molar-refractivity contribution in [1.82, 2.24) is 4.90 Å². The fraction of sp³-hybridized carbons (Fsp3) is 1.00. The number of unbranched alkanes of at least 4 members (excludes halogenated alkanes) is 19. The van der Waals surface area contributed by atoms with Crippen LogP contribution >= 0.6 is 17.0 Å². The van der Waals surface area contributed by atoms with E-state index in [1.807, 2.05) is 0 Å². The van der Waals surface area contributed by atoms with Gasteiger partial charge < -0.3 is 4.90 Å². The number of hydrogen-bond donors (Lipinski definition) is 0. The zero-order valence-electron chi connectivity index (χ0n) is 21.7.